The molecule has 0 radical (unpaired) electrons. The number of rotatable bonds is 8. The van der Waals surface area contributed by atoms with Crippen LogP contribution in [-0.4, -0.2) is 30.1 Å². The summed E-state index contributed by atoms with van der Waals surface area (Å²) in [6, 6.07) is 4.08. The fourth-order valence-corrected chi connectivity index (χ4v) is 1.54. The molecule has 0 fully saturated rings. The lowest BCUT2D eigenvalue weighted by Crippen LogP contribution is -2.29. The molecule has 0 bridgehead atoms. The predicted molar refractivity (Wildman–Crippen MR) is 79.7 cm³/mol. The second kappa shape index (κ2) is 8.32. The molecule has 0 spiro atoms. The number of nitrogens with one attached hydrogen (secondary N) is 2. The zero-order valence-electron chi connectivity index (χ0n) is 12.4. The van der Waals surface area contributed by atoms with Gasteiger partial charge in [0, 0.05) is 24.8 Å². The minimum absolute atomic E-state index is 0.0206. The number of carbonyl (C=O) groups is 1. The first-order chi connectivity index (χ1) is 9.52. The van der Waals surface area contributed by atoms with E-state index in [-0.39, 0.29) is 12.5 Å². The molecule has 0 aliphatic rings. The van der Waals surface area contributed by atoms with Crippen molar-refractivity contribution in [2.75, 3.05) is 13.2 Å². The van der Waals surface area contributed by atoms with Crippen molar-refractivity contribution in [1.29, 1.82) is 0 Å². The van der Waals surface area contributed by atoms with Crippen LogP contribution < -0.4 is 15.4 Å². The lowest BCUT2D eigenvalue weighted by atomic mass is 10.2. The normalized spacial score (nSPS) is 10.4. The van der Waals surface area contributed by atoms with Crippen molar-refractivity contribution >= 4 is 5.91 Å². The first kappa shape index (κ1) is 16.2. The highest BCUT2D eigenvalue weighted by molar-refractivity contribution is 5.77. The Kier molecular flexibility index (Phi) is 6.73. The van der Waals surface area contributed by atoms with E-state index < -0.39 is 0 Å². The van der Waals surface area contributed by atoms with E-state index in [0.29, 0.717) is 24.9 Å². The quantitative estimate of drug-likeness (QED) is 0.708. The van der Waals surface area contributed by atoms with Gasteiger partial charge in [0.15, 0.2) is 6.61 Å². The van der Waals surface area contributed by atoms with Gasteiger partial charge in [-0.2, -0.15) is 0 Å². The lowest BCUT2D eigenvalue weighted by molar-refractivity contribution is -0.122. The monoisotopic (exact) mass is 277 g/mol. The number of carbonyl (C=O) groups excluding carboxylic acids is 1. The van der Waals surface area contributed by atoms with Crippen LogP contribution in [0.2, 0.25) is 0 Å². The molecule has 2 N–H and O–H groups in total. The summed E-state index contributed by atoms with van der Waals surface area (Å²) in [5, 5.41) is 5.96. The van der Waals surface area contributed by atoms with Crippen molar-refractivity contribution in [1.82, 2.24) is 15.6 Å². The number of hydrogen-bond donors (Lipinski definition) is 2. The van der Waals surface area contributed by atoms with Gasteiger partial charge in [-0.3, -0.25) is 9.78 Å². The molecular weight excluding hydrogens is 254 g/mol. The third-order valence-corrected chi connectivity index (χ3v) is 2.55. The highest BCUT2D eigenvalue weighted by Gasteiger charge is 2.09. The zero-order valence-corrected chi connectivity index (χ0v) is 12.4. The minimum Gasteiger partial charge on any atom is -0.482 e. The number of aromatic nitrogens is 1. The first-order valence-corrected chi connectivity index (χ1v) is 6.73. The van der Waals surface area contributed by atoms with Gasteiger partial charge in [0.2, 0.25) is 0 Å². The van der Waals surface area contributed by atoms with Gasteiger partial charge in [0.05, 0.1) is 5.69 Å². The molecule has 1 amide bonds. The summed E-state index contributed by atoms with van der Waals surface area (Å²) >= 11 is 0. The Morgan fingerprint density at radius 1 is 1.50 bits per heavy atom. The molecule has 0 atom stereocenters. The average Bonchev–Trinajstić information content (AvgIpc) is 2.41. The molecule has 1 aromatic heterocycles. The zero-order chi connectivity index (χ0) is 15.0. The maximum Gasteiger partial charge on any atom is 0.258 e. The van der Waals surface area contributed by atoms with Crippen LogP contribution in [0, 0.1) is 6.92 Å². The fraction of sp³-hybridized carbons (Fsp3) is 0.467. The number of nitrogens with zero attached hydrogens (tertiary/aromatic N) is 1. The summed E-state index contributed by atoms with van der Waals surface area (Å²) < 4.78 is 5.53. The fourth-order valence-electron chi connectivity index (χ4n) is 1.54. The molecule has 0 aliphatic heterocycles. The topological polar surface area (TPSA) is 63.2 Å². The van der Waals surface area contributed by atoms with E-state index in [1.54, 1.807) is 6.08 Å². The molecule has 0 saturated heterocycles. The second-order valence-electron chi connectivity index (χ2n) is 4.81. The van der Waals surface area contributed by atoms with Crippen LogP contribution in [0.3, 0.4) is 0 Å². The summed E-state index contributed by atoms with van der Waals surface area (Å²) in [7, 11) is 0. The van der Waals surface area contributed by atoms with Gasteiger partial charge < -0.3 is 15.4 Å². The van der Waals surface area contributed by atoms with Crippen molar-refractivity contribution in [2.24, 2.45) is 0 Å². The van der Waals surface area contributed by atoms with Crippen LogP contribution in [-0.2, 0) is 11.3 Å². The smallest absolute Gasteiger partial charge is 0.258 e. The Morgan fingerprint density at radius 3 is 2.90 bits per heavy atom. The summed E-state index contributed by atoms with van der Waals surface area (Å²) in [4.78, 5) is 15.9. The predicted octanol–water partition coefficient (Wildman–Crippen LogP) is 1.57. The molecule has 1 heterocycles. The molecular formula is C15H23N3O2. The second-order valence-corrected chi connectivity index (χ2v) is 4.81. The van der Waals surface area contributed by atoms with Gasteiger partial charge in [0.1, 0.15) is 5.75 Å². The van der Waals surface area contributed by atoms with Gasteiger partial charge in [-0.15, -0.1) is 6.58 Å². The molecule has 1 rings (SSSR count). The molecule has 0 aliphatic carbocycles. The van der Waals surface area contributed by atoms with E-state index >= 15 is 0 Å². The van der Waals surface area contributed by atoms with E-state index in [1.165, 1.54) is 0 Å². The van der Waals surface area contributed by atoms with Crippen LogP contribution in [0.5, 0.6) is 5.75 Å². The van der Waals surface area contributed by atoms with Crippen LogP contribution in [0.25, 0.3) is 0 Å². The Bertz CT molecular complexity index is 458. The molecule has 110 valence electrons. The number of aryl methyl sites for hydroxylation is 1. The highest BCUT2D eigenvalue weighted by atomic mass is 16.5. The van der Waals surface area contributed by atoms with E-state index in [2.05, 4.69) is 36.0 Å². The van der Waals surface area contributed by atoms with Gasteiger partial charge in [-0.1, -0.05) is 19.9 Å². The molecule has 0 unspecified atom stereocenters. The Hall–Kier alpha value is -1.88. The minimum atomic E-state index is -0.173. The lowest BCUT2D eigenvalue weighted by Gasteiger charge is -2.13. The summed E-state index contributed by atoms with van der Waals surface area (Å²) in [6.45, 7) is 10.6. The van der Waals surface area contributed by atoms with Crippen LogP contribution in [0.15, 0.2) is 24.8 Å². The summed E-state index contributed by atoms with van der Waals surface area (Å²) in [5.74, 6) is 0.464. The van der Waals surface area contributed by atoms with Gasteiger partial charge >= 0.3 is 0 Å². The van der Waals surface area contributed by atoms with Gasteiger partial charge in [0.25, 0.3) is 5.91 Å². The first-order valence-electron chi connectivity index (χ1n) is 6.73. The molecule has 5 nitrogen and oxygen atoms in total. The van der Waals surface area contributed by atoms with Crippen LogP contribution in [0.4, 0.5) is 0 Å². The average molecular weight is 277 g/mol. The van der Waals surface area contributed by atoms with Crippen molar-refractivity contribution in [3.8, 4) is 5.75 Å². The summed E-state index contributed by atoms with van der Waals surface area (Å²) in [5.41, 5.74) is 1.74. The standard InChI is InChI=1S/C15H23N3O2/c1-5-8-16-15(19)10-20-14-7-6-12(4)18-13(14)9-17-11(2)3/h5-7,11,17H,1,8-10H2,2-4H3,(H,16,19). The molecule has 5 heteroatoms. The molecule has 1 aromatic rings. The van der Waals surface area contributed by atoms with E-state index in [1.807, 2.05) is 19.1 Å². The Morgan fingerprint density at radius 2 is 2.25 bits per heavy atom. The maximum atomic E-state index is 11.5. The molecule has 0 saturated carbocycles. The number of amides is 1. The van der Waals surface area contributed by atoms with Crippen LogP contribution >= 0.6 is 0 Å². The Labute approximate surface area is 120 Å². The van der Waals surface area contributed by atoms with Crippen molar-refractivity contribution in [3.63, 3.8) is 0 Å². The number of ether oxygens (including phenoxy) is 1. The summed E-state index contributed by atoms with van der Waals surface area (Å²) in [6.07, 6.45) is 1.63. The van der Waals surface area contributed by atoms with E-state index in [4.69, 9.17) is 4.74 Å². The van der Waals surface area contributed by atoms with Crippen molar-refractivity contribution in [3.05, 3.63) is 36.2 Å². The highest BCUT2D eigenvalue weighted by Crippen LogP contribution is 2.16. The number of pyridine rings is 1. The van der Waals surface area contributed by atoms with E-state index in [9.17, 15) is 4.79 Å². The third kappa shape index (κ3) is 5.84. The largest absolute Gasteiger partial charge is 0.482 e. The van der Waals surface area contributed by atoms with Crippen LogP contribution in [0.1, 0.15) is 25.2 Å². The van der Waals surface area contributed by atoms with Gasteiger partial charge in [-0.25, -0.2) is 0 Å². The molecule has 0 aromatic carbocycles. The third-order valence-electron chi connectivity index (χ3n) is 2.55. The Balaban J connectivity index is 2.63. The van der Waals surface area contributed by atoms with Crippen molar-refractivity contribution in [2.45, 2.75) is 33.4 Å². The molecule has 20 heavy (non-hydrogen) atoms. The van der Waals surface area contributed by atoms with Gasteiger partial charge in [-0.05, 0) is 19.1 Å². The number of hydrogen-bond acceptors (Lipinski definition) is 4. The maximum absolute atomic E-state index is 11.5. The van der Waals surface area contributed by atoms with Crippen molar-refractivity contribution < 1.29 is 9.53 Å². The SMILES string of the molecule is C=CCNC(=O)COc1ccc(C)nc1CNC(C)C. The van der Waals surface area contributed by atoms with E-state index in [0.717, 1.165) is 11.4 Å².